The molecule has 14 heavy (non-hydrogen) atoms. The molecule has 3 N–H and O–H groups in total. The lowest BCUT2D eigenvalue weighted by Gasteiger charge is -2.00. The van der Waals surface area contributed by atoms with Gasteiger partial charge in [-0.25, -0.2) is 4.68 Å². The highest BCUT2D eigenvalue weighted by Crippen LogP contribution is 2.00. The van der Waals surface area contributed by atoms with Crippen LogP contribution >= 0.6 is 12.2 Å². The highest BCUT2D eigenvalue weighted by molar-refractivity contribution is 7.80. The molecule has 0 atom stereocenters. The average Bonchev–Trinajstić information content (AvgIpc) is 2.52. The number of aromatic nitrogens is 3. The molecule has 0 aliphatic heterocycles. The van der Waals surface area contributed by atoms with Crippen LogP contribution in [0.1, 0.15) is 25.6 Å². The lowest BCUT2D eigenvalue weighted by Crippen LogP contribution is -2.24. The van der Waals surface area contributed by atoms with E-state index in [1.165, 1.54) is 6.21 Å². The van der Waals surface area contributed by atoms with E-state index in [4.69, 9.17) is 5.73 Å². The number of thiocarbonyl (C=S) groups is 1. The van der Waals surface area contributed by atoms with Crippen molar-refractivity contribution in [3.8, 4) is 0 Å². The summed E-state index contributed by atoms with van der Waals surface area (Å²) < 4.78 is 1.74. The minimum atomic E-state index is 0.123. The van der Waals surface area contributed by atoms with Gasteiger partial charge in [0.05, 0.1) is 12.4 Å². The molecule has 0 aliphatic rings. The topological polar surface area (TPSA) is 81.1 Å². The van der Waals surface area contributed by atoms with E-state index in [0.29, 0.717) is 5.69 Å². The molecule has 6 nitrogen and oxygen atoms in total. The summed E-state index contributed by atoms with van der Waals surface area (Å²) >= 11 is 4.57. The second-order valence-corrected chi connectivity index (χ2v) is 3.39. The van der Waals surface area contributed by atoms with E-state index in [2.05, 4.69) is 33.1 Å². The number of nitrogens with one attached hydrogen (secondary N) is 1. The standard InChI is InChI=1S/C7H12N6S/c1-5(2)13-4-6(10-12-13)3-9-11-7(8)14/h3-5H,1-2H3,(H3,8,11,14)/b9-3+. The highest BCUT2D eigenvalue weighted by atomic mass is 32.1. The van der Waals surface area contributed by atoms with Gasteiger partial charge in [0, 0.05) is 6.04 Å². The molecular formula is C7H12N6S. The number of hydrazone groups is 1. The van der Waals surface area contributed by atoms with E-state index in [0.717, 1.165) is 0 Å². The first-order chi connectivity index (χ1) is 6.59. The third kappa shape index (κ3) is 3.09. The van der Waals surface area contributed by atoms with Crippen LogP contribution in [0.5, 0.6) is 0 Å². The molecule has 0 amide bonds. The van der Waals surface area contributed by atoms with E-state index in [-0.39, 0.29) is 11.2 Å². The van der Waals surface area contributed by atoms with Crippen LogP contribution in [0.2, 0.25) is 0 Å². The van der Waals surface area contributed by atoms with Gasteiger partial charge in [-0.05, 0) is 26.1 Å². The van der Waals surface area contributed by atoms with Crippen molar-refractivity contribution in [3.63, 3.8) is 0 Å². The molecule has 0 bridgehead atoms. The van der Waals surface area contributed by atoms with E-state index in [1.807, 2.05) is 13.8 Å². The normalized spacial score (nSPS) is 11.1. The molecule has 0 saturated carbocycles. The number of rotatable bonds is 3. The summed E-state index contributed by atoms with van der Waals surface area (Å²) in [6, 6.07) is 0.285. The van der Waals surface area contributed by atoms with E-state index in [1.54, 1.807) is 10.9 Å². The number of hydrogen-bond acceptors (Lipinski definition) is 4. The van der Waals surface area contributed by atoms with Gasteiger partial charge >= 0.3 is 0 Å². The Kier molecular flexibility index (Phi) is 3.52. The molecule has 1 aromatic rings. The van der Waals surface area contributed by atoms with Crippen molar-refractivity contribution >= 4 is 23.5 Å². The van der Waals surface area contributed by atoms with Crippen LogP contribution < -0.4 is 11.2 Å². The van der Waals surface area contributed by atoms with Crippen LogP contribution in [-0.4, -0.2) is 26.3 Å². The van der Waals surface area contributed by atoms with E-state index >= 15 is 0 Å². The van der Waals surface area contributed by atoms with Gasteiger partial charge in [0.15, 0.2) is 5.11 Å². The molecule has 1 heterocycles. The fourth-order valence-corrected chi connectivity index (χ4v) is 0.817. The quantitative estimate of drug-likeness (QED) is 0.419. The van der Waals surface area contributed by atoms with Crippen molar-refractivity contribution in [2.75, 3.05) is 0 Å². The maximum Gasteiger partial charge on any atom is 0.184 e. The maximum absolute atomic E-state index is 5.18. The summed E-state index contributed by atoms with van der Waals surface area (Å²) in [6.07, 6.45) is 3.29. The third-order valence-electron chi connectivity index (χ3n) is 1.43. The van der Waals surface area contributed by atoms with Crippen LogP contribution in [0.3, 0.4) is 0 Å². The first-order valence-corrected chi connectivity index (χ1v) is 4.50. The lowest BCUT2D eigenvalue weighted by molar-refractivity contribution is 0.514. The Balaban J connectivity index is 2.59. The first kappa shape index (κ1) is 10.6. The molecule has 0 aliphatic carbocycles. The molecule has 0 unspecified atom stereocenters. The summed E-state index contributed by atoms with van der Waals surface area (Å²) in [5.41, 5.74) is 8.26. The van der Waals surface area contributed by atoms with Crippen molar-refractivity contribution < 1.29 is 0 Å². The summed E-state index contributed by atoms with van der Waals surface area (Å²) in [5.74, 6) is 0. The van der Waals surface area contributed by atoms with Crippen LogP contribution in [-0.2, 0) is 0 Å². The molecule has 0 spiro atoms. The van der Waals surface area contributed by atoms with Crippen molar-refractivity contribution in [2.45, 2.75) is 19.9 Å². The fourth-order valence-electron chi connectivity index (χ4n) is 0.764. The minimum absolute atomic E-state index is 0.123. The molecular weight excluding hydrogens is 200 g/mol. The third-order valence-corrected chi connectivity index (χ3v) is 1.52. The van der Waals surface area contributed by atoms with Crippen molar-refractivity contribution in [1.29, 1.82) is 0 Å². The Labute approximate surface area is 87.2 Å². The van der Waals surface area contributed by atoms with Gasteiger partial charge in [-0.1, -0.05) is 5.21 Å². The van der Waals surface area contributed by atoms with Gasteiger partial charge in [-0.2, -0.15) is 5.10 Å². The first-order valence-electron chi connectivity index (χ1n) is 4.10. The number of hydrogen-bond donors (Lipinski definition) is 2. The summed E-state index contributed by atoms with van der Waals surface area (Å²) in [7, 11) is 0. The van der Waals surface area contributed by atoms with Gasteiger partial charge in [0.2, 0.25) is 0 Å². The van der Waals surface area contributed by atoms with Crippen LogP contribution in [0.15, 0.2) is 11.3 Å². The smallest absolute Gasteiger partial charge is 0.184 e. The lowest BCUT2D eigenvalue weighted by atomic mass is 10.4. The van der Waals surface area contributed by atoms with Crippen LogP contribution in [0.4, 0.5) is 0 Å². The van der Waals surface area contributed by atoms with E-state index in [9.17, 15) is 0 Å². The molecule has 7 heteroatoms. The SMILES string of the molecule is CC(C)n1cc(/C=N/NC(N)=S)nn1. The second-order valence-electron chi connectivity index (χ2n) is 2.95. The fraction of sp³-hybridized carbons (Fsp3) is 0.429. The predicted molar refractivity (Wildman–Crippen MR) is 57.9 cm³/mol. The monoisotopic (exact) mass is 212 g/mol. The number of nitrogens with two attached hydrogens (primary N) is 1. The molecule has 0 fully saturated rings. The zero-order chi connectivity index (χ0) is 10.6. The summed E-state index contributed by atoms with van der Waals surface area (Å²) in [6.45, 7) is 4.03. The summed E-state index contributed by atoms with van der Waals surface area (Å²) in [5, 5.41) is 11.7. The van der Waals surface area contributed by atoms with Gasteiger partial charge in [-0.3, -0.25) is 5.43 Å². The Morgan fingerprint density at radius 1 is 1.79 bits per heavy atom. The zero-order valence-electron chi connectivity index (χ0n) is 8.01. The van der Waals surface area contributed by atoms with Gasteiger partial charge in [0.1, 0.15) is 5.69 Å². The molecule has 0 saturated heterocycles. The Bertz CT molecular complexity index is 342. The average molecular weight is 212 g/mol. The highest BCUT2D eigenvalue weighted by Gasteiger charge is 2.00. The van der Waals surface area contributed by atoms with Gasteiger partial charge in [0.25, 0.3) is 0 Å². The number of nitrogens with zero attached hydrogens (tertiary/aromatic N) is 4. The zero-order valence-corrected chi connectivity index (χ0v) is 8.82. The Morgan fingerprint density at radius 3 is 3.00 bits per heavy atom. The maximum atomic E-state index is 5.18. The van der Waals surface area contributed by atoms with Crippen molar-refractivity contribution in [3.05, 3.63) is 11.9 Å². The Morgan fingerprint density at radius 2 is 2.50 bits per heavy atom. The van der Waals surface area contributed by atoms with E-state index < -0.39 is 0 Å². The van der Waals surface area contributed by atoms with Crippen LogP contribution in [0, 0.1) is 0 Å². The molecule has 1 rings (SSSR count). The molecule has 76 valence electrons. The predicted octanol–water partition coefficient (Wildman–Crippen LogP) is 0.0261. The van der Waals surface area contributed by atoms with Crippen molar-refractivity contribution in [1.82, 2.24) is 20.4 Å². The second kappa shape index (κ2) is 4.66. The minimum Gasteiger partial charge on any atom is -0.375 e. The van der Waals surface area contributed by atoms with Gasteiger partial charge < -0.3 is 5.73 Å². The molecule has 1 aromatic heterocycles. The summed E-state index contributed by atoms with van der Waals surface area (Å²) in [4.78, 5) is 0. The largest absolute Gasteiger partial charge is 0.375 e. The van der Waals surface area contributed by atoms with Gasteiger partial charge in [-0.15, -0.1) is 5.10 Å². The molecule has 0 radical (unpaired) electrons. The molecule has 0 aromatic carbocycles. The van der Waals surface area contributed by atoms with Crippen molar-refractivity contribution in [2.24, 2.45) is 10.8 Å². The van der Waals surface area contributed by atoms with Crippen LogP contribution in [0.25, 0.3) is 0 Å². The Hall–Kier alpha value is -1.50.